The molecule has 1 aliphatic rings. The molecule has 1 N–H and O–H groups in total. The Labute approximate surface area is 234 Å². The van der Waals surface area contributed by atoms with Crippen LogP contribution in [-0.4, -0.2) is 54.6 Å². The van der Waals surface area contributed by atoms with E-state index in [4.69, 9.17) is 18.0 Å². The summed E-state index contributed by atoms with van der Waals surface area (Å²) in [5, 5.41) is 13.6. The largest absolute Gasteiger partial charge is 0.474 e. The summed E-state index contributed by atoms with van der Waals surface area (Å²) in [4.78, 5) is 13.6. The van der Waals surface area contributed by atoms with E-state index in [1.807, 2.05) is 19.1 Å². The Balaban J connectivity index is 2.95. The van der Waals surface area contributed by atoms with Crippen molar-refractivity contribution in [1.82, 2.24) is 0 Å². The van der Waals surface area contributed by atoms with Crippen molar-refractivity contribution in [3.8, 4) is 0 Å². The van der Waals surface area contributed by atoms with E-state index in [9.17, 15) is 9.90 Å². The number of aliphatic hydroxyl groups is 1. The lowest BCUT2D eigenvalue weighted by atomic mass is 9.70. The summed E-state index contributed by atoms with van der Waals surface area (Å²) < 4.78 is 25.8. The highest BCUT2D eigenvalue weighted by Crippen LogP contribution is 2.50. The molecule has 1 aromatic rings. The van der Waals surface area contributed by atoms with Crippen LogP contribution in [-0.2, 0) is 24.0 Å². The first-order chi connectivity index (χ1) is 16.9. The van der Waals surface area contributed by atoms with Crippen LogP contribution in [0.15, 0.2) is 28.4 Å². The van der Waals surface area contributed by atoms with Crippen LogP contribution in [0.2, 0.25) is 55.9 Å². The van der Waals surface area contributed by atoms with Crippen LogP contribution in [0.4, 0.5) is 0 Å². The fourth-order valence-corrected chi connectivity index (χ4v) is 8.53. The molecule has 0 aliphatic heterocycles. The number of hydrogen-bond acceptors (Lipinski definition) is 6. The minimum Gasteiger partial charge on any atom is -0.474 e. The molecule has 2 rings (SSSR count). The quantitative estimate of drug-likeness (QED) is 0.203. The maximum atomic E-state index is 13.6. The molecule has 9 heteroatoms. The smallest absolute Gasteiger partial charge is 0.316 e. The monoisotopic (exact) mass is 582 g/mol. The molecule has 4 atom stereocenters. The number of rotatable bonds is 8. The molecule has 1 aliphatic carbocycles. The van der Waals surface area contributed by atoms with Crippen LogP contribution in [0.5, 0.6) is 0 Å². The maximum absolute atomic E-state index is 13.6. The van der Waals surface area contributed by atoms with Crippen LogP contribution in [0.3, 0.4) is 0 Å². The second-order valence-electron chi connectivity index (χ2n) is 15.0. The molecule has 218 valence electrons. The van der Waals surface area contributed by atoms with Crippen molar-refractivity contribution in [3.05, 3.63) is 29.5 Å². The molecule has 0 saturated heterocycles. The van der Waals surface area contributed by atoms with Gasteiger partial charge in [-0.1, -0.05) is 67.3 Å². The first-order valence-corrected chi connectivity index (χ1v) is 23.2. The molecule has 1 heterocycles. The Bertz CT molecular complexity index is 1020. The number of furan rings is 1. The van der Waals surface area contributed by atoms with Crippen molar-refractivity contribution in [2.75, 3.05) is 6.61 Å². The second-order valence-corrected chi connectivity index (χ2v) is 29.4. The minimum atomic E-state index is -2.46. The molecule has 0 bridgehead atoms. The van der Waals surface area contributed by atoms with Crippen molar-refractivity contribution in [1.29, 1.82) is 0 Å². The lowest BCUT2D eigenvalue weighted by molar-refractivity contribution is -0.176. The summed E-state index contributed by atoms with van der Waals surface area (Å²) in [6.07, 6.45) is 2.14. The molecule has 0 unspecified atom stereocenters. The predicted octanol–water partition coefficient (Wildman–Crippen LogP) is 6.93. The Morgan fingerprint density at radius 3 is 1.92 bits per heavy atom. The Hall–Kier alpha value is -0.979. The average Bonchev–Trinajstić information content (AvgIpc) is 3.22. The van der Waals surface area contributed by atoms with Gasteiger partial charge in [0.2, 0.25) is 0 Å². The molecule has 0 saturated carbocycles. The highest BCUT2D eigenvalue weighted by molar-refractivity contribution is 6.88. The third-order valence-corrected chi connectivity index (χ3v) is 19.5. The van der Waals surface area contributed by atoms with Gasteiger partial charge in [-0.3, -0.25) is 4.79 Å². The molecule has 0 radical (unpaired) electrons. The van der Waals surface area contributed by atoms with Crippen molar-refractivity contribution in [2.45, 2.75) is 129 Å². The molecule has 0 spiro atoms. The normalized spacial score (nSPS) is 25.8. The SMILES string of the molecule is CCOC(=O)[C@@H]1C=C(C)[C@@H](O[Si](C)(C)C(C)(C)C)[C@@H](O[Si](C)(C)C(C)(C)C)[C@@]1(O)c1ccoc1[Si](C)(C)C. The standard InChI is InChI=1S/C29H54O6Si3/c1-16-32-25(30)22-19-20(2)23(34-37(12,13)27(3,4)5)24(35-38(14,15)28(6,7)8)29(22,31)21-17-18-33-26(21)36(9,10)11/h17-19,22-24,31H,16H2,1-15H3/t22-,23+,24+,29+/m0/s1. The lowest BCUT2D eigenvalue weighted by Gasteiger charge is -2.53. The van der Waals surface area contributed by atoms with Gasteiger partial charge in [-0.15, -0.1) is 0 Å². The minimum absolute atomic E-state index is 0.0516. The molecular formula is C29H54O6Si3. The summed E-state index contributed by atoms with van der Waals surface area (Å²) in [6.45, 7) is 32.5. The Morgan fingerprint density at radius 2 is 1.47 bits per heavy atom. The molecule has 6 nitrogen and oxygen atoms in total. The summed E-state index contributed by atoms with van der Waals surface area (Å²) in [5.74, 6) is -1.42. The van der Waals surface area contributed by atoms with E-state index in [0.717, 1.165) is 11.0 Å². The molecule has 0 fully saturated rings. The van der Waals surface area contributed by atoms with Gasteiger partial charge in [0.25, 0.3) is 0 Å². The van der Waals surface area contributed by atoms with Crippen molar-refractivity contribution in [3.63, 3.8) is 0 Å². The summed E-state index contributed by atoms with van der Waals surface area (Å²) in [5.41, 5.74) is -0.220. The van der Waals surface area contributed by atoms with E-state index in [1.165, 1.54) is 0 Å². The third-order valence-electron chi connectivity index (χ3n) is 8.84. The summed E-state index contributed by atoms with van der Waals surface area (Å²) >= 11 is 0. The number of esters is 1. The summed E-state index contributed by atoms with van der Waals surface area (Å²) in [6, 6.07) is 1.82. The molecular weight excluding hydrogens is 529 g/mol. The maximum Gasteiger partial charge on any atom is 0.316 e. The van der Waals surface area contributed by atoms with Gasteiger partial charge in [0.05, 0.1) is 24.4 Å². The zero-order chi connectivity index (χ0) is 29.7. The zero-order valence-electron chi connectivity index (χ0n) is 26.7. The van der Waals surface area contributed by atoms with Gasteiger partial charge in [0.15, 0.2) is 16.6 Å². The van der Waals surface area contributed by atoms with E-state index in [-0.39, 0.29) is 16.7 Å². The number of carbonyl (C=O) groups is 1. The van der Waals surface area contributed by atoms with Gasteiger partial charge in [-0.25, -0.2) is 0 Å². The Morgan fingerprint density at radius 1 is 0.974 bits per heavy atom. The van der Waals surface area contributed by atoms with E-state index in [0.29, 0.717) is 5.56 Å². The topological polar surface area (TPSA) is 78.1 Å². The number of hydrogen-bond donors (Lipinski definition) is 1. The zero-order valence-corrected chi connectivity index (χ0v) is 29.7. The van der Waals surface area contributed by atoms with Gasteiger partial charge in [0.1, 0.15) is 25.7 Å². The predicted molar refractivity (Wildman–Crippen MR) is 164 cm³/mol. The van der Waals surface area contributed by atoms with Gasteiger partial charge in [-0.05, 0) is 61.8 Å². The highest BCUT2D eigenvalue weighted by atomic mass is 28.4. The lowest BCUT2D eigenvalue weighted by Crippen LogP contribution is -2.65. The van der Waals surface area contributed by atoms with E-state index in [1.54, 1.807) is 13.2 Å². The first kappa shape index (κ1) is 33.2. The molecule has 0 amide bonds. The first-order valence-electron chi connectivity index (χ1n) is 13.9. The number of carbonyl (C=O) groups excluding carboxylic acids is 1. The Kier molecular flexibility index (Phi) is 9.43. The third kappa shape index (κ3) is 6.33. The fourth-order valence-electron chi connectivity index (χ4n) is 4.43. The summed E-state index contributed by atoms with van der Waals surface area (Å²) in [7, 11) is -6.82. The van der Waals surface area contributed by atoms with Crippen LogP contribution in [0, 0.1) is 5.92 Å². The fraction of sp³-hybridized carbons (Fsp3) is 0.759. The van der Waals surface area contributed by atoms with E-state index in [2.05, 4.69) is 87.4 Å². The van der Waals surface area contributed by atoms with E-state index >= 15 is 0 Å². The van der Waals surface area contributed by atoms with Crippen molar-refractivity contribution in [2.24, 2.45) is 5.92 Å². The van der Waals surface area contributed by atoms with Gasteiger partial charge < -0.3 is 23.1 Å². The molecule has 0 aromatic carbocycles. The van der Waals surface area contributed by atoms with Crippen LogP contribution < -0.4 is 5.38 Å². The van der Waals surface area contributed by atoms with Gasteiger partial charge in [-0.2, -0.15) is 0 Å². The van der Waals surface area contributed by atoms with Gasteiger partial charge in [0, 0.05) is 5.56 Å². The molecule has 38 heavy (non-hydrogen) atoms. The average molecular weight is 583 g/mol. The van der Waals surface area contributed by atoms with Crippen LogP contribution in [0.25, 0.3) is 0 Å². The highest BCUT2D eigenvalue weighted by Gasteiger charge is 2.60. The second kappa shape index (κ2) is 10.8. The van der Waals surface area contributed by atoms with E-state index < -0.39 is 54.4 Å². The molecule has 1 aromatic heterocycles. The van der Waals surface area contributed by atoms with Crippen molar-refractivity contribution < 1.29 is 27.9 Å². The van der Waals surface area contributed by atoms with Crippen molar-refractivity contribution >= 4 is 36.1 Å². The number of ether oxygens (including phenoxy) is 1. The van der Waals surface area contributed by atoms with Crippen LogP contribution >= 0.6 is 0 Å². The van der Waals surface area contributed by atoms with Gasteiger partial charge >= 0.3 is 5.97 Å². The van der Waals surface area contributed by atoms with Crippen LogP contribution in [0.1, 0.15) is 61.0 Å².